The van der Waals surface area contributed by atoms with Crippen LogP contribution in [0.15, 0.2) is 61.3 Å². The van der Waals surface area contributed by atoms with Gasteiger partial charge in [0.25, 0.3) is 0 Å². The van der Waals surface area contributed by atoms with Crippen LogP contribution in [0.1, 0.15) is 31.1 Å². The molecule has 5 heterocycles. The minimum absolute atomic E-state index is 0.191. The van der Waals surface area contributed by atoms with Gasteiger partial charge in [-0.2, -0.15) is 10.2 Å². The fourth-order valence-corrected chi connectivity index (χ4v) is 4.00. The van der Waals surface area contributed by atoms with Crippen molar-refractivity contribution in [1.82, 2.24) is 34.8 Å². The molecule has 11 heteroatoms. The number of halogens is 1. The molecule has 0 bridgehead atoms. The zero-order chi connectivity index (χ0) is 25.2. The number of fused-ring (bicyclic) bond motifs is 1. The summed E-state index contributed by atoms with van der Waals surface area (Å²) in [6, 6.07) is 9.92. The summed E-state index contributed by atoms with van der Waals surface area (Å²) in [5.74, 6) is 0.286. The number of nitrogens with one attached hydrogen (secondary N) is 1. The topological polar surface area (TPSA) is 114 Å². The van der Waals surface area contributed by atoms with Gasteiger partial charge < -0.3 is 4.74 Å². The number of aryl methyl sites for hydroxylation is 1. The van der Waals surface area contributed by atoms with Crippen molar-refractivity contribution in [2.24, 2.45) is 0 Å². The molecule has 1 amide bonds. The molecule has 36 heavy (non-hydrogen) atoms. The number of carbonyl (C=O) groups excluding carboxylic acids is 1. The largest absolute Gasteiger partial charge is 0.447 e. The Morgan fingerprint density at radius 2 is 1.94 bits per heavy atom. The highest BCUT2D eigenvalue weighted by atomic mass is 19.1. The third-order valence-corrected chi connectivity index (χ3v) is 5.74. The van der Waals surface area contributed by atoms with Crippen LogP contribution < -0.4 is 4.90 Å². The normalized spacial score (nSPS) is 15.1. The van der Waals surface area contributed by atoms with Crippen molar-refractivity contribution in [2.45, 2.75) is 26.8 Å². The molecule has 0 aliphatic carbocycles. The van der Waals surface area contributed by atoms with Crippen LogP contribution in [0, 0.1) is 12.7 Å². The summed E-state index contributed by atoms with van der Waals surface area (Å²) >= 11 is 0. The first kappa shape index (κ1) is 23.1. The number of H-pyrrole nitrogens is 1. The SMILES string of the molecule is CC.Cc1ccc(C2COC(=O)N2c2ccn3ncc(-c4ccc(-c5ncn[nH]5)c(F)c4)c3n2)cn1. The number of hydrogen-bond acceptors (Lipinski definition) is 7. The second-order valence-corrected chi connectivity index (χ2v) is 7.84. The van der Waals surface area contributed by atoms with Crippen molar-refractivity contribution in [3.63, 3.8) is 0 Å². The van der Waals surface area contributed by atoms with E-state index in [4.69, 9.17) is 9.72 Å². The molecule has 1 N–H and O–H groups in total. The maximum atomic E-state index is 14.8. The Morgan fingerprint density at radius 3 is 2.67 bits per heavy atom. The maximum Gasteiger partial charge on any atom is 0.416 e. The summed E-state index contributed by atoms with van der Waals surface area (Å²) in [5, 5.41) is 10.8. The molecule has 0 spiro atoms. The number of aromatic nitrogens is 7. The summed E-state index contributed by atoms with van der Waals surface area (Å²) in [6.45, 7) is 6.09. The Labute approximate surface area is 205 Å². The Kier molecular flexibility index (Phi) is 6.11. The zero-order valence-electron chi connectivity index (χ0n) is 19.9. The number of benzene rings is 1. The van der Waals surface area contributed by atoms with Gasteiger partial charge in [-0.1, -0.05) is 26.0 Å². The van der Waals surface area contributed by atoms with E-state index in [1.807, 2.05) is 32.9 Å². The Bertz CT molecular complexity index is 1520. The first-order chi connectivity index (χ1) is 17.6. The number of anilines is 1. The number of nitrogens with zero attached hydrogens (tertiary/aromatic N) is 7. The van der Waals surface area contributed by atoms with Gasteiger partial charge in [-0.25, -0.2) is 23.7 Å². The van der Waals surface area contributed by atoms with Gasteiger partial charge in [0.2, 0.25) is 0 Å². The monoisotopic (exact) mass is 486 g/mol. The molecule has 5 aromatic rings. The maximum absolute atomic E-state index is 14.8. The number of cyclic esters (lactones) is 1. The van der Waals surface area contributed by atoms with E-state index in [2.05, 4.69) is 25.3 Å². The molecule has 1 aliphatic heterocycles. The highest BCUT2D eigenvalue weighted by molar-refractivity contribution is 5.90. The Balaban J connectivity index is 0.00000130. The van der Waals surface area contributed by atoms with E-state index in [-0.39, 0.29) is 12.6 Å². The first-order valence-electron chi connectivity index (χ1n) is 11.5. The van der Waals surface area contributed by atoms with E-state index in [1.54, 1.807) is 41.3 Å². The van der Waals surface area contributed by atoms with Crippen LogP contribution in [0.2, 0.25) is 0 Å². The van der Waals surface area contributed by atoms with Crippen LogP contribution in [0.5, 0.6) is 0 Å². The van der Waals surface area contributed by atoms with Crippen LogP contribution in [0.3, 0.4) is 0 Å². The van der Waals surface area contributed by atoms with Crippen LogP contribution in [0.4, 0.5) is 15.0 Å². The van der Waals surface area contributed by atoms with Gasteiger partial charge in [-0.3, -0.25) is 15.0 Å². The summed E-state index contributed by atoms with van der Waals surface area (Å²) in [5.41, 5.74) is 3.71. The lowest BCUT2D eigenvalue weighted by Crippen LogP contribution is -2.28. The minimum Gasteiger partial charge on any atom is -0.447 e. The summed E-state index contributed by atoms with van der Waals surface area (Å²) in [4.78, 5) is 27.1. The molecule has 0 radical (unpaired) electrons. The van der Waals surface area contributed by atoms with Gasteiger partial charge in [0.1, 0.15) is 30.6 Å². The third kappa shape index (κ3) is 4.04. The van der Waals surface area contributed by atoms with Crippen LogP contribution in [-0.2, 0) is 4.74 Å². The number of amides is 1. The molecule has 1 fully saturated rings. The lowest BCUT2D eigenvalue weighted by atomic mass is 10.1. The predicted octanol–water partition coefficient (Wildman–Crippen LogP) is 4.75. The molecule has 6 rings (SSSR count). The Morgan fingerprint density at radius 1 is 1.08 bits per heavy atom. The average molecular weight is 487 g/mol. The number of ether oxygens (including phenoxy) is 1. The van der Waals surface area contributed by atoms with Gasteiger partial charge in [0, 0.05) is 23.7 Å². The molecule has 1 aliphatic rings. The highest BCUT2D eigenvalue weighted by Gasteiger charge is 2.36. The molecule has 10 nitrogen and oxygen atoms in total. The summed E-state index contributed by atoms with van der Waals surface area (Å²) in [6.07, 6.45) is 5.88. The zero-order valence-corrected chi connectivity index (χ0v) is 19.9. The molecule has 1 saturated heterocycles. The molecular formula is C25H23FN8O2. The van der Waals surface area contributed by atoms with Crippen LogP contribution >= 0.6 is 0 Å². The second kappa shape index (κ2) is 9.53. The number of rotatable bonds is 4. The van der Waals surface area contributed by atoms with Crippen molar-refractivity contribution in [2.75, 3.05) is 11.5 Å². The van der Waals surface area contributed by atoms with Gasteiger partial charge in [-0.15, -0.1) is 0 Å². The third-order valence-electron chi connectivity index (χ3n) is 5.74. The average Bonchev–Trinajstić information content (AvgIpc) is 3.65. The molecule has 1 atom stereocenters. The van der Waals surface area contributed by atoms with Gasteiger partial charge in [0.05, 0.1) is 11.8 Å². The first-order valence-corrected chi connectivity index (χ1v) is 11.5. The van der Waals surface area contributed by atoms with E-state index in [0.717, 1.165) is 11.3 Å². The Hall–Kier alpha value is -4.67. The molecular weight excluding hydrogens is 463 g/mol. The van der Waals surface area contributed by atoms with Crippen molar-refractivity contribution < 1.29 is 13.9 Å². The van der Waals surface area contributed by atoms with Gasteiger partial charge in [0.15, 0.2) is 11.5 Å². The van der Waals surface area contributed by atoms with Crippen LogP contribution in [-0.4, -0.2) is 47.5 Å². The highest BCUT2D eigenvalue weighted by Crippen LogP contribution is 2.34. The summed E-state index contributed by atoms with van der Waals surface area (Å²) in [7, 11) is 0. The lowest BCUT2D eigenvalue weighted by Gasteiger charge is -2.20. The minimum atomic E-state index is -0.494. The predicted molar refractivity (Wildman–Crippen MR) is 131 cm³/mol. The lowest BCUT2D eigenvalue weighted by molar-refractivity contribution is 0.179. The van der Waals surface area contributed by atoms with E-state index in [0.29, 0.717) is 34.0 Å². The van der Waals surface area contributed by atoms with E-state index < -0.39 is 11.9 Å². The molecule has 182 valence electrons. The van der Waals surface area contributed by atoms with Gasteiger partial charge >= 0.3 is 6.09 Å². The molecule has 1 aromatic carbocycles. The number of aromatic amines is 1. The fourth-order valence-electron chi connectivity index (χ4n) is 4.00. The molecule has 0 saturated carbocycles. The van der Waals surface area contributed by atoms with Crippen molar-refractivity contribution in [3.8, 4) is 22.5 Å². The quantitative estimate of drug-likeness (QED) is 0.390. The van der Waals surface area contributed by atoms with Crippen molar-refractivity contribution in [1.29, 1.82) is 0 Å². The molecule has 1 unspecified atom stereocenters. The van der Waals surface area contributed by atoms with Crippen molar-refractivity contribution in [3.05, 3.63) is 78.4 Å². The van der Waals surface area contributed by atoms with Gasteiger partial charge in [-0.05, 0) is 42.3 Å². The van der Waals surface area contributed by atoms with E-state index >= 15 is 0 Å². The molecule has 4 aromatic heterocycles. The fraction of sp³-hybridized carbons (Fsp3) is 0.200. The van der Waals surface area contributed by atoms with E-state index in [9.17, 15) is 9.18 Å². The standard InChI is InChI=1S/C23H17FN8O2.C2H6/c1-13-2-3-15(9-25-13)19-11-34-23(33)32(19)20-6-7-31-22(29-20)17(10-28-31)14-4-5-16(18(24)8-14)21-26-12-27-30-21;1-2/h2-10,12,19H,11H2,1H3,(H,26,27,30);1-2H3. The summed E-state index contributed by atoms with van der Waals surface area (Å²) < 4.78 is 21.7. The van der Waals surface area contributed by atoms with Crippen LogP contribution in [0.25, 0.3) is 28.2 Å². The van der Waals surface area contributed by atoms with E-state index in [1.165, 1.54) is 17.3 Å². The second-order valence-electron chi connectivity index (χ2n) is 7.84. The number of carbonyl (C=O) groups is 1. The van der Waals surface area contributed by atoms with Crippen molar-refractivity contribution >= 4 is 17.6 Å². The smallest absolute Gasteiger partial charge is 0.416 e. The number of pyridine rings is 1. The number of hydrogen-bond donors (Lipinski definition) is 1.